The Morgan fingerprint density at radius 1 is 1.20 bits per heavy atom. The molecule has 0 spiro atoms. The maximum absolute atomic E-state index is 12.3. The highest BCUT2D eigenvalue weighted by atomic mass is 32.2. The zero-order chi connectivity index (χ0) is 18.2. The van der Waals surface area contributed by atoms with Gasteiger partial charge in [0, 0.05) is 11.6 Å². The average molecular weight is 359 g/mol. The predicted octanol–water partition coefficient (Wildman–Crippen LogP) is 2.72. The third-order valence-corrected chi connectivity index (χ3v) is 5.33. The number of anilines is 1. The van der Waals surface area contributed by atoms with Gasteiger partial charge in [-0.2, -0.15) is 5.10 Å². The summed E-state index contributed by atoms with van der Waals surface area (Å²) in [5, 5.41) is 7.24. The Morgan fingerprint density at radius 3 is 2.52 bits per heavy atom. The van der Waals surface area contributed by atoms with Gasteiger partial charge < -0.3 is 5.32 Å². The topological polar surface area (TPSA) is 81.1 Å². The number of nitrogens with one attached hydrogen (secondary N) is 1. The molecule has 1 aromatic heterocycles. The Labute approximate surface area is 147 Å². The van der Waals surface area contributed by atoms with E-state index in [4.69, 9.17) is 0 Å². The predicted molar refractivity (Wildman–Crippen MR) is 97.7 cm³/mol. The summed E-state index contributed by atoms with van der Waals surface area (Å²) in [5.41, 5.74) is 1.66. The molecule has 132 valence electrons. The highest BCUT2D eigenvalue weighted by molar-refractivity contribution is 7.90. The van der Waals surface area contributed by atoms with Crippen LogP contribution in [0.1, 0.15) is 37.6 Å². The molecule has 1 aliphatic heterocycles. The molecule has 0 fully saturated rings. The first-order chi connectivity index (χ1) is 11.7. The molecular formula is C18H21N3O3S. The zero-order valence-corrected chi connectivity index (χ0v) is 15.3. The molecule has 1 amide bonds. The summed E-state index contributed by atoms with van der Waals surface area (Å²) >= 11 is 0. The number of carbonyl (C=O) groups excluding carboxylic acids is 1. The lowest BCUT2D eigenvalue weighted by Gasteiger charge is -2.23. The van der Waals surface area contributed by atoms with E-state index in [2.05, 4.69) is 10.4 Å². The molecule has 2 aromatic rings. The number of sulfone groups is 1. The third-order valence-electron chi connectivity index (χ3n) is 3.89. The van der Waals surface area contributed by atoms with E-state index in [0.29, 0.717) is 17.1 Å². The Kier molecular flexibility index (Phi) is 4.28. The molecule has 7 heteroatoms. The lowest BCUT2D eigenvalue weighted by Crippen LogP contribution is -2.27. The first-order valence-corrected chi connectivity index (χ1v) is 9.84. The van der Waals surface area contributed by atoms with Crippen LogP contribution < -0.4 is 5.32 Å². The van der Waals surface area contributed by atoms with E-state index in [9.17, 15) is 13.2 Å². The van der Waals surface area contributed by atoms with Crippen molar-refractivity contribution in [2.45, 2.75) is 37.8 Å². The Bertz CT molecular complexity index is 936. The fourth-order valence-electron chi connectivity index (χ4n) is 2.75. The summed E-state index contributed by atoms with van der Waals surface area (Å²) in [4.78, 5) is 12.3. The number of benzene rings is 1. The van der Waals surface area contributed by atoms with Crippen LogP contribution in [0.5, 0.6) is 0 Å². The minimum absolute atomic E-state index is 0.0753. The standard InChI is InChI=1S/C18H21N3O3S/c1-18(2,3)21-17(14-11-25(23,24)12-15(14)20-21)19-16(22)10-9-13-7-5-4-6-8-13/h4-10H,11-12H2,1-3H3,(H,19,22)/b10-9+. The van der Waals surface area contributed by atoms with Crippen molar-refractivity contribution in [1.29, 1.82) is 0 Å². The average Bonchev–Trinajstić information content (AvgIpc) is 2.99. The second-order valence-corrected chi connectivity index (χ2v) is 9.19. The van der Waals surface area contributed by atoms with Crippen molar-refractivity contribution in [3.8, 4) is 0 Å². The van der Waals surface area contributed by atoms with Gasteiger partial charge in [0.1, 0.15) is 5.82 Å². The van der Waals surface area contributed by atoms with Crippen LogP contribution in [0.3, 0.4) is 0 Å². The van der Waals surface area contributed by atoms with Crippen molar-refractivity contribution < 1.29 is 13.2 Å². The molecule has 0 unspecified atom stereocenters. The summed E-state index contributed by atoms with van der Waals surface area (Å²) in [5.74, 6) is -0.0162. The van der Waals surface area contributed by atoms with Crippen LogP contribution in [0.25, 0.3) is 6.08 Å². The van der Waals surface area contributed by atoms with Crippen LogP contribution in [0.4, 0.5) is 5.82 Å². The second-order valence-electron chi connectivity index (χ2n) is 7.12. The van der Waals surface area contributed by atoms with Gasteiger partial charge in [0.15, 0.2) is 9.84 Å². The molecule has 3 rings (SSSR count). The molecule has 2 heterocycles. The molecular weight excluding hydrogens is 338 g/mol. The number of aromatic nitrogens is 2. The lowest BCUT2D eigenvalue weighted by molar-refractivity contribution is -0.111. The van der Waals surface area contributed by atoms with Gasteiger partial charge in [-0.25, -0.2) is 13.1 Å². The van der Waals surface area contributed by atoms with E-state index in [1.54, 1.807) is 10.8 Å². The number of carbonyl (C=O) groups is 1. The van der Waals surface area contributed by atoms with Crippen LogP contribution in [-0.2, 0) is 31.7 Å². The van der Waals surface area contributed by atoms with Gasteiger partial charge in [-0.05, 0) is 32.4 Å². The molecule has 0 bridgehead atoms. The molecule has 1 aliphatic rings. The molecule has 0 radical (unpaired) electrons. The lowest BCUT2D eigenvalue weighted by atomic mass is 10.1. The van der Waals surface area contributed by atoms with Crippen LogP contribution in [0.15, 0.2) is 36.4 Å². The van der Waals surface area contributed by atoms with Crippen molar-refractivity contribution in [1.82, 2.24) is 9.78 Å². The molecule has 0 aliphatic carbocycles. The Balaban J connectivity index is 1.89. The van der Waals surface area contributed by atoms with Gasteiger partial charge in [-0.1, -0.05) is 30.3 Å². The third kappa shape index (κ3) is 3.82. The van der Waals surface area contributed by atoms with Crippen molar-refractivity contribution in [3.05, 3.63) is 53.2 Å². The minimum atomic E-state index is -3.18. The number of rotatable bonds is 3. The first-order valence-electron chi connectivity index (χ1n) is 8.01. The van der Waals surface area contributed by atoms with Crippen LogP contribution in [0, 0.1) is 0 Å². The Morgan fingerprint density at radius 2 is 1.88 bits per heavy atom. The summed E-state index contributed by atoms with van der Waals surface area (Å²) in [6, 6.07) is 9.48. The number of hydrogen-bond acceptors (Lipinski definition) is 4. The summed E-state index contributed by atoms with van der Waals surface area (Å²) in [7, 11) is -3.18. The number of fused-ring (bicyclic) bond motifs is 1. The minimum Gasteiger partial charge on any atom is -0.307 e. The SMILES string of the molecule is CC(C)(C)n1nc2c(c1NC(=O)/C=C/c1ccccc1)CS(=O)(=O)C2. The van der Waals surface area contributed by atoms with E-state index in [1.165, 1.54) is 6.08 Å². The summed E-state index contributed by atoms with van der Waals surface area (Å²) in [6.45, 7) is 5.87. The summed E-state index contributed by atoms with van der Waals surface area (Å²) in [6.07, 6.45) is 3.15. The zero-order valence-electron chi connectivity index (χ0n) is 14.5. The first kappa shape index (κ1) is 17.4. The highest BCUT2D eigenvalue weighted by Gasteiger charge is 2.35. The maximum atomic E-state index is 12.3. The van der Waals surface area contributed by atoms with Gasteiger partial charge in [0.2, 0.25) is 5.91 Å². The fraction of sp³-hybridized carbons (Fsp3) is 0.333. The molecule has 0 atom stereocenters. The molecule has 25 heavy (non-hydrogen) atoms. The van der Waals surface area contributed by atoms with Crippen LogP contribution in [-0.4, -0.2) is 24.1 Å². The van der Waals surface area contributed by atoms with Crippen LogP contribution >= 0.6 is 0 Å². The molecule has 1 aromatic carbocycles. The van der Waals surface area contributed by atoms with E-state index in [0.717, 1.165) is 5.56 Å². The molecule has 0 saturated carbocycles. The Hall–Kier alpha value is -2.41. The van der Waals surface area contributed by atoms with Crippen molar-refractivity contribution in [2.75, 3.05) is 5.32 Å². The van der Waals surface area contributed by atoms with Gasteiger partial charge in [-0.3, -0.25) is 4.79 Å². The maximum Gasteiger partial charge on any atom is 0.249 e. The van der Waals surface area contributed by atoms with Gasteiger partial charge in [0.05, 0.1) is 22.7 Å². The number of amides is 1. The quantitative estimate of drug-likeness (QED) is 0.855. The highest BCUT2D eigenvalue weighted by Crippen LogP contribution is 2.34. The summed E-state index contributed by atoms with van der Waals surface area (Å²) < 4.78 is 25.5. The van der Waals surface area contributed by atoms with Crippen molar-refractivity contribution >= 4 is 27.6 Å². The molecule has 6 nitrogen and oxygen atoms in total. The van der Waals surface area contributed by atoms with Crippen molar-refractivity contribution in [3.63, 3.8) is 0 Å². The smallest absolute Gasteiger partial charge is 0.249 e. The van der Waals surface area contributed by atoms with E-state index in [1.807, 2.05) is 51.1 Å². The van der Waals surface area contributed by atoms with Crippen LogP contribution in [0.2, 0.25) is 0 Å². The fourth-order valence-corrected chi connectivity index (χ4v) is 4.24. The van der Waals surface area contributed by atoms with E-state index in [-0.39, 0.29) is 23.0 Å². The number of hydrogen-bond donors (Lipinski definition) is 1. The van der Waals surface area contributed by atoms with Gasteiger partial charge >= 0.3 is 0 Å². The molecule has 1 N–H and O–H groups in total. The normalized spacial score (nSPS) is 16.1. The van der Waals surface area contributed by atoms with E-state index >= 15 is 0 Å². The second kappa shape index (κ2) is 6.15. The van der Waals surface area contributed by atoms with Crippen molar-refractivity contribution in [2.24, 2.45) is 0 Å². The van der Waals surface area contributed by atoms with E-state index < -0.39 is 9.84 Å². The monoisotopic (exact) mass is 359 g/mol. The molecule has 0 saturated heterocycles. The van der Waals surface area contributed by atoms with Gasteiger partial charge in [-0.15, -0.1) is 0 Å². The largest absolute Gasteiger partial charge is 0.307 e. The van der Waals surface area contributed by atoms with Gasteiger partial charge in [0.25, 0.3) is 0 Å². The number of nitrogens with zero attached hydrogens (tertiary/aromatic N) is 2.